The smallest absolute Gasteiger partial charge is 0.0940 e. The van der Waals surface area contributed by atoms with Crippen LogP contribution in [0.15, 0.2) is 18.2 Å². The third-order valence-electron chi connectivity index (χ3n) is 2.42. The third kappa shape index (κ3) is 5.33. The van der Waals surface area contributed by atoms with Gasteiger partial charge in [0.15, 0.2) is 0 Å². The second-order valence-electron chi connectivity index (χ2n) is 5.30. The molecule has 0 saturated heterocycles. The van der Waals surface area contributed by atoms with E-state index in [1.54, 1.807) is 18.2 Å². The molecule has 0 spiro atoms. The van der Waals surface area contributed by atoms with Gasteiger partial charge in [-0.25, -0.2) is 0 Å². The third-order valence-corrected chi connectivity index (χ3v) is 3.16. The highest BCUT2D eigenvalue weighted by molar-refractivity contribution is 6.42. The van der Waals surface area contributed by atoms with Gasteiger partial charge in [0.1, 0.15) is 0 Å². The van der Waals surface area contributed by atoms with Crippen molar-refractivity contribution < 1.29 is 5.11 Å². The van der Waals surface area contributed by atoms with Crippen molar-refractivity contribution in [2.45, 2.75) is 45.4 Å². The molecule has 0 aromatic heterocycles. The fourth-order valence-electron chi connectivity index (χ4n) is 1.75. The average Bonchev–Trinajstić information content (AvgIpc) is 2.18. The molecule has 2 atom stereocenters. The van der Waals surface area contributed by atoms with Crippen molar-refractivity contribution in [1.82, 2.24) is 5.32 Å². The lowest BCUT2D eigenvalue weighted by Gasteiger charge is -2.29. The fourth-order valence-corrected chi connectivity index (χ4v) is 2.05. The second kappa shape index (κ2) is 6.97. The number of hydrogen-bond donors (Lipinski definition) is 2. The molecule has 104 valence electrons. The monoisotopic (exact) mass is 311 g/mol. The predicted molar refractivity (Wildman–Crippen MR) is 81.0 cm³/mol. The first-order valence-corrected chi connectivity index (χ1v) is 6.37. The van der Waals surface area contributed by atoms with E-state index in [9.17, 15) is 5.11 Å². The van der Waals surface area contributed by atoms with Crippen molar-refractivity contribution in [1.29, 1.82) is 0 Å². The van der Waals surface area contributed by atoms with Crippen molar-refractivity contribution in [3.63, 3.8) is 0 Å². The van der Waals surface area contributed by atoms with Crippen molar-refractivity contribution >= 4 is 35.6 Å². The van der Waals surface area contributed by atoms with Crippen LogP contribution in [0.4, 0.5) is 0 Å². The number of rotatable bonds is 3. The quantitative estimate of drug-likeness (QED) is 0.875. The van der Waals surface area contributed by atoms with Crippen LogP contribution in [0.5, 0.6) is 0 Å². The van der Waals surface area contributed by atoms with Gasteiger partial charge in [-0.05, 0) is 45.4 Å². The minimum Gasteiger partial charge on any atom is -0.387 e. The fraction of sp³-hybridized carbons (Fsp3) is 0.538. The van der Waals surface area contributed by atoms with Gasteiger partial charge in [-0.2, -0.15) is 0 Å². The van der Waals surface area contributed by atoms with Crippen molar-refractivity contribution in [2.24, 2.45) is 0 Å². The zero-order valence-electron chi connectivity index (χ0n) is 11.0. The summed E-state index contributed by atoms with van der Waals surface area (Å²) in [7, 11) is 0. The Kier molecular flexibility index (Phi) is 6.97. The lowest BCUT2D eigenvalue weighted by atomic mass is 10.00. The minimum absolute atomic E-state index is 0. The van der Waals surface area contributed by atoms with Crippen molar-refractivity contribution in [2.75, 3.05) is 0 Å². The summed E-state index contributed by atoms with van der Waals surface area (Å²) in [4.78, 5) is 0. The first-order valence-electron chi connectivity index (χ1n) is 5.61. The van der Waals surface area contributed by atoms with E-state index in [0.717, 1.165) is 5.56 Å². The maximum Gasteiger partial charge on any atom is 0.0940 e. The maximum atomic E-state index is 10.2. The van der Waals surface area contributed by atoms with E-state index in [0.29, 0.717) is 10.0 Å². The zero-order chi connectivity index (χ0) is 13.2. The molecular weight excluding hydrogens is 293 g/mol. The largest absolute Gasteiger partial charge is 0.387 e. The Hall–Kier alpha value is 0.01000. The first-order chi connectivity index (χ1) is 7.70. The molecule has 1 aromatic rings. The highest BCUT2D eigenvalue weighted by Gasteiger charge is 2.21. The lowest BCUT2D eigenvalue weighted by Crippen LogP contribution is -2.44. The van der Waals surface area contributed by atoms with E-state index in [1.807, 2.05) is 6.92 Å². The summed E-state index contributed by atoms with van der Waals surface area (Å²) >= 11 is 11.8. The maximum absolute atomic E-state index is 10.2. The van der Waals surface area contributed by atoms with E-state index < -0.39 is 6.10 Å². The summed E-state index contributed by atoms with van der Waals surface area (Å²) in [5.74, 6) is 0. The van der Waals surface area contributed by atoms with Gasteiger partial charge < -0.3 is 10.4 Å². The van der Waals surface area contributed by atoms with E-state index in [-0.39, 0.29) is 24.0 Å². The molecule has 2 unspecified atom stereocenters. The number of nitrogens with one attached hydrogen (secondary N) is 1. The molecule has 2 nitrogen and oxygen atoms in total. The molecule has 1 rings (SSSR count). The van der Waals surface area contributed by atoms with Crippen molar-refractivity contribution in [3.05, 3.63) is 33.8 Å². The van der Waals surface area contributed by atoms with Gasteiger partial charge in [0.2, 0.25) is 0 Å². The van der Waals surface area contributed by atoms with Crippen LogP contribution in [0, 0.1) is 0 Å². The Morgan fingerprint density at radius 2 is 1.72 bits per heavy atom. The molecule has 0 amide bonds. The standard InChI is InChI=1S/C13H19Cl2NO.ClH/c1-8(16-13(2,3)4)12(17)9-5-6-10(14)11(15)7-9;/h5-8,12,16-17H,1-4H3;1H. The number of hydrogen-bond acceptors (Lipinski definition) is 2. The van der Waals surface area contributed by atoms with Crippen LogP contribution in [0.3, 0.4) is 0 Å². The van der Waals surface area contributed by atoms with E-state index in [1.165, 1.54) is 0 Å². The molecule has 0 fully saturated rings. The summed E-state index contributed by atoms with van der Waals surface area (Å²) < 4.78 is 0. The molecule has 0 saturated carbocycles. The Morgan fingerprint density at radius 3 is 2.17 bits per heavy atom. The van der Waals surface area contributed by atoms with E-state index >= 15 is 0 Å². The van der Waals surface area contributed by atoms with Crippen LogP contribution in [0.1, 0.15) is 39.4 Å². The van der Waals surface area contributed by atoms with Crippen LogP contribution < -0.4 is 5.32 Å². The number of halogens is 3. The molecule has 0 bridgehead atoms. The Bertz CT molecular complexity index is 390. The topological polar surface area (TPSA) is 32.3 Å². The van der Waals surface area contributed by atoms with Crippen LogP contribution >= 0.6 is 35.6 Å². The highest BCUT2D eigenvalue weighted by atomic mass is 35.5. The van der Waals surface area contributed by atoms with Crippen LogP contribution in [0.25, 0.3) is 0 Å². The Morgan fingerprint density at radius 1 is 1.17 bits per heavy atom. The van der Waals surface area contributed by atoms with Gasteiger partial charge in [0.05, 0.1) is 16.1 Å². The average molecular weight is 313 g/mol. The van der Waals surface area contributed by atoms with Crippen molar-refractivity contribution in [3.8, 4) is 0 Å². The van der Waals surface area contributed by atoms with E-state index in [4.69, 9.17) is 23.2 Å². The molecule has 1 aromatic carbocycles. The van der Waals surface area contributed by atoms with Gasteiger partial charge >= 0.3 is 0 Å². The molecule has 0 aliphatic carbocycles. The molecule has 5 heteroatoms. The van der Waals surface area contributed by atoms with Gasteiger partial charge in [-0.1, -0.05) is 29.3 Å². The first kappa shape index (κ1) is 18.0. The zero-order valence-corrected chi connectivity index (χ0v) is 13.3. The van der Waals surface area contributed by atoms with Crippen LogP contribution in [-0.2, 0) is 0 Å². The minimum atomic E-state index is -0.607. The normalized spacial score (nSPS) is 14.8. The molecule has 0 radical (unpaired) electrons. The number of aliphatic hydroxyl groups excluding tert-OH is 1. The highest BCUT2D eigenvalue weighted by Crippen LogP contribution is 2.27. The molecule has 0 heterocycles. The Labute approximate surface area is 125 Å². The Balaban J connectivity index is 0.00000289. The van der Waals surface area contributed by atoms with Crippen LogP contribution in [0.2, 0.25) is 10.0 Å². The summed E-state index contributed by atoms with van der Waals surface area (Å²) in [5.41, 5.74) is 0.722. The second-order valence-corrected chi connectivity index (χ2v) is 6.12. The lowest BCUT2D eigenvalue weighted by molar-refractivity contribution is 0.121. The molecule has 18 heavy (non-hydrogen) atoms. The molecular formula is C13H20Cl3NO. The summed E-state index contributed by atoms with van der Waals surface area (Å²) in [6, 6.07) is 5.13. The van der Waals surface area contributed by atoms with Gasteiger partial charge in [-0.3, -0.25) is 0 Å². The van der Waals surface area contributed by atoms with E-state index in [2.05, 4.69) is 26.1 Å². The predicted octanol–water partition coefficient (Wildman–Crippen LogP) is 4.23. The summed E-state index contributed by atoms with van der Waals surface area (Å²) in [6.45, 7) is 8.12. The molecule has 0 aliphatic rings. The number of aliphatic hydroxyl groups is 1. The van der Waals surface area contributed by atoms with Crippen LogP contribution in [-0.4, -0.2) is 16.7 Å². The molecule has 0 aliphatic heterocycles. The number of benzene rings is 1. The SMILES string of the molecule is CC(NC(C)(C)C)C(O)c1ccc(Cl)c(Cl)c1.Cl. The summed E-state index contributed by atoms with van der Waals surface area (Å²) in [5, 5.41) is 14.5. The van der Waals surface area contributed by atoms with Gasteiger partial charge in [0.25, 0.3) is 0 Å². The molecule has 2 N–H and O–H groups in total. The van der Waals surface area contributed by atoms with Gasteiger partial charge in [0, 0.05) is 11.6 Å². The van der Waals surface area contributed by atoms with Gasteiger partial charge in [-0.15, -0.1) is 12.4 Å². The summed E-state index contributed by atoms with van der Waals surface area (Å²) in [6.07, 6.45) is -0.607.